The third-order valence-corrected chi connectivity index (χ3v) is 3.62. The third-order valence-electron chi connectivity index (χ3n) is 2.79. The summed E-state index contributed by atoms with van der Waals surface area (Å²) >= 11 is 1.50. The van der Waals surface area contributed by atoms with Gasteiger partial charge in [0.15, 0.2) is 11.5 Å². The van der Waals surface area contributed by atoms with Gasteiger partial charge >= 0.3 is 5.97 Å². The highest BCUT2D eigenvalue weighted by Crippen LogP contribution is 2.32. The zero-order valence-electron chi connectivity index (χ0n) is 12.0. The van der Waals surface area contributed by atoms with Gasteiger partial charge in [0.2, 0.25) is 0 Å². The number of hydrogen-bond acceptors (Lipinski definition) is 7. The van der Waals surface area contributed by atoms with Gasteiger partial charge in [-0.2, -0.15) is 0 Å². The van der Waals surface area contributed by atoms with Crippen molar-refractivity contribution in [2.45, 2.75) is 13.5 Å². The molecule has 2 N–H and O–H groups in total. The first-order valence-electron chi connectivity index (χ1n) is 6.14. The SMILES string of the molecule is COc1cc(N)c(C(=O)OCc2csc(C)n2)cc1OC. The fourth-order valence-electron chi connectivity index (χ4n) is 1.76. The first-order chi connectivity index (χ1) is 10.0. The number of carbonyl (C=O) groups excluding carboxylic acids is 1. The largest absolute Gasteiger partial charge is 0.493 e. The van der Waals surface area contributed by atoms with E-state index < -0.39 is 5.97 Å². The standard InChI is InChI=1S/C14H16N2O4S/c1-8-16-9(7-21-8)6-20-14(17)10-4-12(18-2)13(19-3)5-11(10)15/h4-5,7H,6,15H2,1-3H3. The summed E-state index contributed by atoms with van der Waals surface area (Å²) < 4.78 is 15.5. The van der Waals surface area contributed by atoms with E-state index in [4.69, 9.17) is 19.9 Å². The van der Waals surface area contributed by atoms with Crippen LogP contribution in [0, 0.1) is 6.92 Å². The summed E-state index contributed by atoms with van der Waals surface area (Å²) in [4.78, 5) is 16.3. The predicted octanol–water partition coefficient (Wildman–Crippen LogP) is 2.41. The molecule has 0 saturated heterocycles. The number of rotatable bonds is 5. The van der Waals surface area contributed by atoms with Crippen molar-refractivity contribution in [3.05, 3.63) is 33.8 Å². The minimum atomic E-state index is -0.529. The van der Waals surface area contributed by atoms with Gasteiger partial charge in [-0.1, -0.05) is 0 Å². The van der Waals surface area contributed by atoms with Crippen molar-refractivity contribution < 1.29 is 19.0 Å². The highest BCUT2D eigenvalue weighted by molar-refractivity contribution is 7.09. The van der Waals surface area contributed by atoms with Crippen LogP contribution in [0.15, 0.2) is 17.5 Å². The second-order valence-electron chi connectivity index (χ2n) is 4.23. The van der Waals surface area contributed by atoms with Gasteiger partial charge in [-0.25, -0.2) is 9.78 Å². The summed E-state index contributed by atoms with van der Waals surface area (Å²) in [7, 11) is 2.99. The average Bonchev–Trinajstić information content (AvgIpc) is 2.90. The Morgan fingerprint density at radius 1 is 1.29 bits per heavy atom. The second-order valence-corrected chi connectivity index (χ2v) is 5.29. The number of ether oxygens (including phenoxy) is 3. The maximum Gasteiger partial charge on any atom is 0.340 e. The van der Waals surface area contributed by atoms with E-state index in [0.717, 1.165) is 5.01 Å². The van der Waals surface area contributed by atoms with Gasteiger partial charge < -0.3 is 19.9 Å². The van der Waals surface area contributed by atoms with Crippen LogP contribution in [0.1, 0.15) is 21.1 Å². The van der Waals surface area contributed by atoms with E-state index in [0.29, 0.717) is 17.2 Å². The lowest BCUT2D eigenvalue weighted by molar-refractivity contribution is 0.0469. The first-order valence-corrected chi connectivity index (χ1v) is 7.02. The van der Waals surface area contributed by atoms with Crippen LogP contribution in [0.4, 0.5) is 5.69 Å². The number of anilines is 1. The van der Waals surface area contributed by atoms with Crippen LogP contribution in [0.5, 0.6) is 11.5 Å². The maximum absolute atomic E-state index is 12.1. The van der Waals surface area contributed by atoms with Crippen molar-refractivity contribution in [3.63, 3.8) is 0 Å². The van der Waals surface area contributed by atoms with E-state index in [2.05, 4.69) is 4.98 Å². The lowest BCUT2D eigenvalue weighted by Crippen LogP contribution is -2.09. The normalized spacial score (nSPS) is 10.2. The van der Waals surface area contributed by atoms with E-state index in [1.165, 1.54) is 37.7 Å². The van der Waals surface area contributed by atoms with E-state index in [-0.39, 0.29) is 17.9 Å². The summed E-state index contributed by atoms with van der Waals surface area (Å²) in [6.07, 6.45) is 0. The molecule has 1 aromatic heterocycles. The summed E-state index contributed by atoms with van der Waals surface area (Å²) in [5.41, 5.74) is 7.06. The van der Waals surface area contributed by atoms with E-state index in [9.17, 15) is 4.79 Å². The molecule has 2 aromatic rings. The average molecular weight is 308 g/mol. The van der Waals surface area contributed by atoms with Crippen LogP contribution < -0.4 is 15.2 Å². The quantitative estimate of drug-likeness (QED) is 0.674. The fourth-order valence-corrected chi connectivity index (χ4v) is 2.36. The smallest absolute Gasteiger partial charge is 0.340 e. The van der Waals surface area contributed by atoms with Crippen LogP contribution in [0.3, 0.4) is 0 Å². The van der Waals surface area contributed by atoms with Gasteiger partial charge in [0.25, 0.3) is 0 Å². The minimum Gasteiger partial charge on any atom is -0.493 e. The number of aromatic nitrogens is 1. The Hall–Kier alpha value is -2.28. The zero-order valence-corrected chi connectivity index (χ0v) is 12.8. The van der Waals surface area contributed by atoms with Crippen molar-refractivity contribution in [1.82, 2.24) is 4.98 Å². The fraction of sp³-hybridized carbons (Fsp3) is 0.286. The summed E-state index contributed by atoms with van der Waals surface area (Å²) in [5.74, 6) is 0.351. The Labute approximate surface area is 126 Å². The molecule has 1 heterocycles. The summed E-state index contributed by atoms with van der Waals surface area (Å²) in [6.45, 7) is 2.00. The van der Waals surface area contributed by atoms with E-state index >= 15 is 0 Å². The van der Waals surface area contributed by atoms with Crippen molar-refractivity contribution in [2.75, 3.05) is 20.0 Å². The van der Waals surface area contributed by atoms with Crippen molar-refractivity contribution >= 4 is 23.0 Å². The molecule has 112 valence electrons. The Kier molecular flexibility index (Phi) is 4.64. The number of benzene rings is 1. The van der Waals surface area contributed by atoms with Gasteiger partial charge in [-0.05, 0) is 6.92 Å². The molecule has 0 radical (unpaired) electrons. The molecule has 0 spiro atoms. The number of aryl methyl sites for hydroxylation is 1. The number of nitrogen functional groups attached to an aromatic ring is 1. The van der Waals surface area contributed by atoms with Gasteiger partial charge in [0.1, 0.15) is 6.61 Å². The Morgan fingerprint density at radius 3 is 2.52 bits per heavy atom. The second kappa shape index (κ2) is 6.45. The van der Waals surface area contributed by atoms with Crippen LogP contribution in [-0.4, -0.2) is 25.2 Å². The number of nitrogens with two attached hydrogens (primary N) is 1. The van der Waals surface area contributed by atoms with Crippen molar-refractivity contribution in [2.24, 2.45) is 0 Å². The molecule has 0 fully saturated rings. The molecule has 21 heavy (non-hydrogen) atoms. The molecule has 0 unspecified atom stereocenters. The molecule has 0 bridgehead atoms. The van der Waals surface area contributed by atoms with E-state index in [1.807, 2.05) is 12.3 Å². The molecule has 7 heteroatoms. The molecule has 2 rings (SSSR count). The topological polar surface area (TPSA) is 83.7 Å². The molecular weight excluding hydrogens is 292 g/mol. The van der Waals surface area contributed by atoms with Gasteiger partial charge in [-0.3, -0.25) is 0 Å². The molecule has 1 aromatic carbocycles. The van der Waals surface area contributed by atoms with Crippen molar-refractivity contribution in [1.29, 1.82) is 0 Å². The van der Waals surface area contributed by atoms with Crippen LogP contribution in [0.25, 0.3) is 0 Å². The van der Waals surface area contributed by atoms with E-state index in [1.54, 1.807) is 0 Å². The Balaban J connectivity index is 2.15. The van der Waals surface area contributed by atoms with Crippen LogP contribution in [0.2, 0.25) is 0 Å². The number of hydrogen-bond donors (Lipinski definition) is 1. The minimum absolute atomic E-state index is 0.108. The number of thiazole rings is 1. The van der Waals surface area contributed by atoms with Gasteiger partial charge in [0.05, 0.1) is 36.2 Å². The number of esters is 1. The highest BCUT2D eigenvalue weighted by Gasteiger charge is 2.17. The predicted molar refractivity (Wildman–Crippen MR) is 79.9 cm³/mol. The van der Waals surface area contributed by atoms with Gasteiger partial charge in [-0.15, -0.1) is 11.3 Å². The first kappa shape index (κ1) is 15.1. The lowest BCUT2D eigenvalue weighted by atomic mass is 10.1. The Bertz CT molecular complexity index is 654. The third kappa shape index (κ3) is 3.43. The molecule has 0 atom stereocenters. The lowest BCUT2D eigenvalue weighted by Gasteiger charge is -2.11. The monoisotopic (exact) mass is 308 g/mol. The molecule has 6 nitrogen and oxygen atoms in total. The summed E-state index contributed by atoms with van der Waals surface area (Å²) in [5, 5.41) is 2.77. The van der Waals surface area contributed by atoms with Crippen LogP contribution in [-0.2, 0) is 11.3 Å². The Morgan fingerprint density at radius 2 is 1.95 bits per heavy atom. The molecule has 0 aliphatic heterocycles. The molecule has 0 aliphatic carbocycles. The van der Waals surface area contributed by atoms with Crippen molar-refractivity contribution in [3.8, 4) is 11.5 Å². The molecular formula is C14H16N2O4S. The number of carbonyl (C=O) groups is 1. The summed E-state index contributed by atoms with van der Waals surface area (Å²) in [6, 6.07) is 3.03. The highest BCUT2D eigenvalue weighted by atomic mass is 32.1. The molecule has 0 amide bonds. The molecule has 0 aliphatic rings. The van der Waals surface area contributed by atoms with Gasteiger partial charge in [0, 0.05) is 17.5 Å². The number of nitrogens with zero attached hydrogens (tertiary/aromatic N) is 1. The zero-order chi connectivity index (χ0) is 15.4. The van der Waals surface area contributed by atoms with Crippen LogP contribution >= 0.6 is 11.3 Å². The maximum atomic E-state index is 12.1. The molecule has 0 saturated carbocycles. The number of methoxy groups -OCH3 is 2.